The Kier molecular flexibility index (Phi) is 8.21. The van der Waals surface area contributed by atoms with Crippen molar-refractivity contribution < 1.29 is 14.3 Å². The van der Waals surface area contributed by atoms with Gasteiger partial charge in [0.1, 0.15) is 5.75 Å². The molecule has 2 aromatic carbocycles. The molecule has 0 aromatic heterocycles. The van der Waals surface area contributed by atoms with Crippen molar-refractivity contribution in [3.63, 3.8) is 0 Å². The number of anilines is 1. The Morgan fingerprint density at radius 2 is 1.91 bits per heavy atom. The SMILES string of the molecule is CCOc1ccc(NC(=O)CSC2=C(C#N)C(c3ccccc3Cl)C(C(C)=O)=C(C)N2)cc1. The zero-order valence-electron chi connectivity index (χ0n) is 18.6. The molecule has 8 heteroatoms. The van der Waals surface area contributed by atoms with Crippen LogP contribution in [0, 0.1) is 11.3 Å². The van der Waals surface area contributed by atoms with Gasteiger partial charge in [-0.3, -0.25) is 9.59 Å². The normalized spacial score (nSPS) is 15.5. The number of carbonyl (C=O) groups is 2. The molecule has 0 saturated carbocycles. The van der Waals surface area contributed by atoms with Crippen molar-refractivity contribution in [2.24, 2.45) is 0 Å². The van der Waals surface area contributed by atoms with Crippen LogP contribution in [0.4, 0.5) is 5.69 Å². The summed E-state index contributed by atoms with van der Waals surface area (Å²) in [6.45, 7) is 5.74. The van der Waals surface area contributed by atoms with Gasteiger partial charge in [0.25, 0.3) is 0 Å². The van der Waals surface area contributed by atoms with E-state index in [1.54, 1.807) is 43.3 Å². The molecule has 2 aromatic rings. The molecule has 1 heterocycles. The fourth-order valence-corrected chi connectivity index (χ4v) is 4.79. The highest BCUT2D eigenvalue weighted by Crippen LogP contribution is 2.42. The smallest absolute Gasteiger partial charge is 0.234 e. The molecular weight excluding hydrogens is 458 g/mol. The number of nitrogens with one attached hydrogen (secondary N) is 2. The Balaban J connectivity index is 1.82. The van der Waals surface area contributed by atoms with Crippen LogP contribution < -0.4 is 15.4 Å². The number of nitriles is 1. The lowest BCUT2D eigenvalue weighted by Gasteiger charge is -2.29. The van der Waals surface area contributed by atoms with Crippen LogP contribution in [-0.2, 0) is 9.59 Å². The molecule has 0 spiro atoms. The maximum absolute atomic E-state index is 12.5. The van der Waals surface area contributed by atoms with Crippen LogP contribution in [0.15, 0.2) is 70.4 Å². The van der Waals surface area contributed by atoms with Crippen LogP contribution in [0.5, 0.6) is 5.75 Å². The van der Waals surface area contributed by atoms with Crippen LogP contribution in [0.2, 0.25) is 5.02 Å². The lowest BCUT2D eigenvalue weighted by molar-refractivity contribution is -0.114. The molecule has 1 aliphatic heterocycles. The topological polar surface area (TPSA) is 91.2 Å². The summed E-state index contributed by atoms with van der Waals surface area (Å²) in [5.74, 6) is -0.147. The minimum absolute atomic E-state index is 0.0820. The van der Waals surface area contributed by atoms with E-state index in [1.165, 1.54) is 18.7 Å². The summed E-state index contributed by atoms with van der Waals surface area (Å²) in [5.41, 5.74) is 2.82. The average Bonchev–Trinajstić information content (AvgIpc) is 2.78. The van der Waals surface area contributed by atoms with Crippen LogP contribution in [0.1, 0.15) is 32.3 Å². The van der Waals surface area contributed by atoms with E-state index in [0.717, 1.165) is 5.75 Å². The van der Waals surface area contributed by atoms with Crippen molar-refractivity contribution in [1.82, 2.24) is 5.32 Å². The first-order valence-corrected chi connectivity index (χ1v) is 11.7. The highest BCUT2D eigenvalue weighted by atomic mass is 35.5. The van der Waals surface area contributed by atoms with Crippen LogP contribution in [0.3, 0.4) is 0 Å². The van der Waals surface area contributed by atoms with E-state index < -0.39 is 5.92 Å². The fourth-order valence-electron chi connectivity index (χ4n) is 3.65. The second-order valence-electron chi connectivity index (χ2n) is 7.32. The predicted octanol–water partition coefficient (Wildman–Crippen LogP) is 5.40. The predicted molar refractivity (Wildman–Crippen MR) is 132 cm³/mol. The second kappa shape index (κ2) is 11.1. The van der Waals surface area contributed by atoms with Gasteiger partial charge in [0.15, 0.2) is 5.78 Å². The van der Waals surface area contributed by atoms with Crippen molar-refractivity contribution in [3.8, 4) is 11.8 Å². The molecule has 3 rings (SSSR count). The van der Waals surface area contributed by atoms with Gasteiger partial charge in [-0.15, -0.1) is 0 Å². The standard InChI is InChI=1S/C25H24ClN3O3S/c1-4-32-18-11-9-17(10-12-18)29-22(31)14-33-25-20(13-27)24(19-7-5-6-8-21(19)26)23(16(3)30)15(2)28-25/h5-12,24,28H,4,14H2,1-3H3,(H,29,31). The molecule has 170 valence electrons. The summed E-state index contributed by atoms with van der Waals surface area (Å²) in [5, 5.41) is 17.0. The summed E-state index contributed by atoms with van der Waals surface area (Å²) >= 11 is 7.64. The number of amides is 1. The number of nitrogens with zero attached hydrogens (tertiary/aromatic N) is 1. The number of ketones is 1. The van der Waals surface area contributed by atoms with E-state index in [2.05, 4.69) is 16.7 Å². The molecule has 0 saturated heterocycles. The summed E-state index contributed by atoms with van der Waals surface area (Å²) in [6.07, 6.45) is 0. The number of rotatable bonds is 8. The Morgan fingerprint density at radius 1 is 1.21 bits per heavy atom. The monoisotopic (exact) mass is 481 g/mol. The van der Waals surface area contributed by atoms with Gasteiger partial charge in [-0.05, 0) is 56.7 Å². The molecule has 0 bridgehead atoms. The minimum Gasteiger partial charge on any atom is -0.494 e. The van der Waals surface area contributed by atoms with E-state index in [1.807, 2.05) is 19.1 Å². The van der Waals surface area contributed by atoms with Gasteiger partial charge in [0.2, 0.25) is 5.91 Å². The van der Waals surface area contributed by atoms with Crippen molar-refractivity contribution in [2.75, 3.05) is 17.7 Å². The molecule has 1 unspecified atom stereocenters. The Bertz CT molecular complexity index is 1170. The zero-order valence-corrected chi connectivity index (χ0v) is 20.1. The third-order valence-electron chi connectivity index (χ3n) is 5.04. The maximum Gasteiger partial charge on any atom is 0.234 e. The lowest BCUT2D eigenvalue weighted by Crippen LogP contribution is -2.28. The van der Waals surface area contributed by atoms with Gasteiger partial charge in [0, 0.05) is 22.0 Å². The van der Waals surface area contributed by atoms with Gasteiger partial charge in [0.05, 0.1) is 34.9 Å². The molecule has 1 amide bonds. The Morgan fingerprint density at radius 3 is 2.52 bits per heavy atom. The van der Waals surface area contributed by atoms with E-state index in [4.69, 9.17) is 16.3 Å². The number of carbonyl (C=O) groups excluding carboxylic acids is 2. The van der Waals surface area contributed by atoms with E-state index in [9.17, 15) is 14.9 Å². The summed E-state index contributed by atoms with van der Waals surface area (Å²) < 4.78 is 5.41. The molecule has 0 radical (unpaired) electrons. The number of hydrogen-bond donors (Lipinski definition) is 2. The van der Waals surface area contributed by atoms with E-state index in [-0.39, 0.29) is 17.4 Å². The molecular formula is C25H24ClN3O3S. The van der Waals surface area contributed by atoms with E-state index >= 15 is 0 Å². The first-order valence-electron chi connectivity index (χ1n) is 10.4. The molecule has 0 fully saturated rings. The van der Waals surface area contributed by atoms with Crippen molar-refractivity contribution in [1.29, 1.82) is 5.26 Å². The fraction of sp³-hybridized carbons (Fsp3) is 0.240. The average molecular weight is 482 g/mol. The number of Topliss-reactive ketones (excluding diaryl/α,β-unsaturated/α-hetero) is 1. The van der Waals surface area contributed by atoms with Crippen molar-refractivity contribution in [3.05, 3.63) is 81.0 Å². The molecule has 33 heavy (non-hydrogen) atoms. The number of thioether (sulfide) groups is 1. The highest BCUT2D eigenvalue weighted by molar-refractivity contribution is 8.03. The van der Waals surface area contributed by atoms with Gasteiger partial charge in [-0.1, -0.05) is 41.6 Å². The molecule has 2 N–H and O–H groups in total. The molecule has 0 aliphatic carbocycles. The number of benzene rings is 2. The second-order valence-corrected chi connectivity index (χ2v) is 8.72. The molecule has 1 atom stereocenters. The third kappa shape index (κ3) is 5.78. The molecule has 6 nitrogen and oxygen atoms in total. The summed E-state index contributed by atoms with van der Waals surface area (Å²) in [6, 6.07) is 16.5. The lowest BCUT2D eigenvalue weighted by atomic mass is 9.81. The number of allylic oxidation sites excluding steroid dienone is 3. The summed E-state index contributed by atoms with van der Waals surface area (Å²) in [4.78, 5) is 25.0. The third-order valence-corrected chi connectivity index (χ3v) is 6.40. The highest BCUT2D eigenvalue weighted by Gasteiger charge is 2.34. The van der Waals surface area contributed by atoms with Crippen LogP contribution in [-0.4, -0.2) is 24.1 Å². The summed E-state index contributed by atoms with van der Waals surface area (Å²) in [7, 11) is 0. The number of hydrogen-bond acceptors (Lipinski definition) is 6. The van der Waals surface area contributed by atoms with Crippen molar-refractivity contribution in [2.45, 2.75) is 26.7 Å². The largest absolute Gasteiger partial charge is 0.494 e. The maximum atomic E-state index is 12.5. The van der Waals surface area contributed by atoms with Gasteiger partial charge >= 0.3 is 0 Å². The minimum atomic E-state index is -0.598. The number of ether oxygens (including phenoxy) is 1. The van der Waals surface area contributed by atoms with Gasteiger partial charge < -0.3 is 15.4 Å². The van der Waals surface area contributed by atoms with E-state index in [0.29, 0.717) is 44.8 Å². The zero-order chi connectivity index (χ0) is 24.0. The number of dihydropyridines is 1. The van der Waals surface area contributed by atoms with Crippen molar-refractivity contribution >= 4 is 40.7 Å². The first-order chi connectivity index (χ1) is 15.8. The van der Waals surface area contributed by atoms with Gasteiger partial charge in [-0.2, -0.15) is 5.26 Å². The Hall–Kier alpha value is -3.21. The van der Waals surface area contributed by atoms with Gasteiger partial charge in [-0.25, -0.2) is 0 Å². The molecule has 1 aliphatic rings. The first kappa shape index (κ1) is 24.4. The quantitative estimate of drug-likeness (QED) is 0.524. The van der Waals surface area contributed by atoms with Crippen LogP contribution in [0.25, 0.3) is 0 Å². The van der Waals surface area contributed by atoms with Crippen LogP contribution >= 0.6 is 23.4 Å². The number of halogens is 1. The Labute approximate surface area is 202 Å².